The maximum Gasteiger partial charge on any atom is 0.291 e. The maximum absolute atomic E-state index is 12.1. The predicted octanol–water partition coefficient (Wildman–Crippen LogP) is 4.16. The second-order valence-corrected chi connectivity index (χ2v) is 5.08. The molecule has 0 bridgehead atoms. The summed E-state index contributed by atoms with van der Waals surface area (Å²) in [5.74, 6) is 0.970. The summed E-state index contributed by atoms with van der Waals surface area (Å²) < 4.78 is 11.1. The first-order valence-corrected chi connectivity index (χ1v) is 7.27. The summed E-state index contributed by atoms with van der Waals surface area (Å²) >= 11 is 6.01. The van der Waals surface area contributed by atoms with Crippen LogP contribution in [0, 0.1) is 0 Å². The van der Waals surface area contributed by atoms with E-state index in [9.17, 15) is 4.79 Å². The Hall–Kier alpha value is -2.79. The van der Waals surface area contributed by atoms with Crippen LogP contribution in [0.3, 0.4) is 0 Å². The van der Waals surface area contributed by atoms with Crippen molar-refractivity contribution in [1.82, 2.24) is 4.98 Å². The summed E-state index contributed by atoms with van der Waals surface area (Å²) in [6.07, 6.45) is 3.20. The second kappa shape index (κ2) is 6.98. The SMILES string of the molecule is O=C(Nc1ccncc1)c1ccc(COc2ccccc2Cl)o1. The molecule has 0 atom stereocenters. The molecule has 116 valence electrons. The van der Waals surface area contributed by atoms with Crippen LogP contribution < -0.4 is 10.1 Å². The lowest BCUT2D eigenvalue weighted by atomic mass is 10.3. The Morgan fingerprint density at radius 1 is 1.13 bits per heavy atom. The number of hydrogen-bond acceptors (Lipinski definition) is 4. The average molecular weight is 329 g/mol. The van der Waals surface area contributed by atoms with Crippen molar-refractivity contribution in [1.29, 1.82) is 0 Å². The first-order chi connectivity index (χ1) is 11.2. The van der Waals surface area contributed by atoms with Crippen LogP contribution >= 0.6 is 11.6 Å². The van der Waals surface area contributed by atoms with Crippen molar-refractivity contribution in [2.24, 2.45) is 0 Å². The highest BCUT2D eigenvalue weighted by atomic mass is 35.5. The van der Waals surface area contributed by atoms with E-state index >= 15 is 0 Å². The Morgan fingerprint density at radius 3 is 2.70 bits per heavy atom. The molecule has 3 rings (SSSR count). The molecule has 2 heterocycles. The van der Waals surface area contributed by atoms with Gasteiger partial charge in [0.1, 0.15) is 18.1 Å². The molecule has 1 aromatic carbocycles. The van der Waals surface area contributed by atoms with Gasteiger partial charge >= 0.3 is 0 Å². The van der Waals surface area contributed by atoms with Gasteiger partial charge in [-0.3, -0.25) is 9.78 Å². The van der Waals surface area contributed by atoms with E-state index < -0.39 is 0 Å². The third-order valence-corrected chi connectivity index (χ3v) is 3.34. The number of pyridine rings is 1. The van der Waals surface area contributed by atoms with Gasteiger partial charge in [0.15, 0.2) is 5.76 Å². The van der Waals surface area contributed by atoms with Gasteiger partial charge in [0.25, 0.3) is 5.91 Å². The molecule has 0 aliphatic heterocycles. The maximum atomic E-state index is 12.1. The van der Waals surface area contributed by atoms with Crippen LogP contribution in [0.5, 0.6) is 5.75 Å². The van der Waals surface area contributed by atoms with Crippen molar-refractivity contribution < 1.29 is 13.9 Å². The van der Waals surface area contributed by atoms with Gasteiger partial charge in [-0.05, 0) is 36.4 Å². The number of halogens is 1. The number of carbonyl (C=O) groups is 1. The number of hydrogen-bond donors (Lipinski definition) is 1. The molecule has 0 radical (unpaired) electrons. The van der Waals surface area contributed by atoms with E-state index in [0.717, 1.165) is 0 Å². The van der Waals surface area contributed by atoms with Gasteiger partial charge in [-0.2, -0.15) is 0 Å². The minimum Gasteiger partial charge on any atom is -0.484 e. The highest BCUT2D eigenvalue weighted by molar-refractivity contribution is 6.32. The first-order valence-electron chi connectivity index (χ1n) is 6.90. The van der Waals surface area contributed by atoms with Crippen molar-refractivity contribution in [3.63, 3.8) is 0 Å². The van der Waals surface area contributed by atoms with Gasteiger partial charge in [0.05, 0.1) is 5.02 Å². The highest BCUT2D eigenvalue weighted by Crippen LogP contribution is 2.24. The molecular weight excluding hydrogens is 316 g/mol. The van der Waals surface area contributed by atoms with Crippen molar-refractivity contribution in [3.8, 4) is 5.75 Å². The lowest BCUT2D eigenvalue weighted by Crippen LogP contribution is -2.10. The van der Waals surface area contributed by atoms with E-state index in [0.29, 0.717) is 22.2 Å². The molecule has 0 spiro atoms. The predicted molar refractivity (Wildman–Crippen MR) is 86.7 cm³/mol. The number of rotatable bonds is 5. The lowest BCUT2D eigenvalue weighted by Gasteiger charge is -2.05. The molecule has 1 amide bonds. The zero-order valence-corrected chi connectivity index (χ0v) is 12.8. The zero-order chi connectivity index (χ0) is 16.1. The molecule has 3 aromatic rings. The smallest absolute Gasteiger partial charge is 0.291 e. The lowest BCUT2D eigenvalue weighted by molar-refractivity contribution is 0.0992. The fraction of sp³-hybridized carbons (Fsp3) is 0.0588. The normalized spacial score (nSPS) is 10.3. The minimum absolute atomic E-state index is 0.187. The van der Waals surface area contributed by atoms with Crippen LogP contribution in [-0.2, 0) is 6.61 Å². The topological polar surface area (TPSA) is 64.4 Å². The summed E-state index contributed by atoms with van der Waals surface area (Å²) in [5.41, 5.74) is 0.648. The fourth-order valence-electron chi connectivity index (χ4n) is 1.92. The molecule has 23 heavy (non-hydrogen) atoms. The third kappa shape index (κ3) is 3.90. The quantitative estimate of drug-likeness (QED) is 0.763. The third-order valence-electron chi connectivity index (χ3n) is 3.03. The Labute approximate surface area is 137 Å². The molecule has 0 fully saturated rings. The molecule has 5 nitrogen and oxygen atoms in total. The van der Waals surface area contributed by atoms with Crippen LogP contribution in [0.15, 0.2) is 65.3 Å². The zero-order valence-electron chi connectivity index (χ0n) is 12.0. The number of para-hydroxylation sites is 1. The van der Waals surface area contributed by atoms with Gasteiger partial charge in [-0.1, -0.05) is 23.7 Å². The number of ether oxygens (including phenoxy) is 1. The van der Waals surface area contributed by atoms with Crippen LogP contribution in [0.25, 0.3) is 0 Å². The van der Waals surface area contributed by atoms with E-state index in [2.05, 4.69) is 10.3 Å². The van der Waals surface area contributed by atoms with Crippen LogP contribution in [0.4, 0.5) is 5.69 Å². The Kier molecular flexibility index (Phi) is 4.59. The standard InChI is InChI=1S/C17H13ClN2O3/c18-14-3-1-2-4-15(14)22-11-13-5-6-16(23-13)17(21)20-12-7-9-19-10-8-12/h1-10H,11H2,(H,19,20,21). The van der Waals surface area contributed by atoms with E-state index in [-0.39, 0.29) is 18.3 Å². The monoisotopic (exact) mass is 328 g/mol. The summed E-state index contributed by atoms with van der Waals surface area (Å²) in [7, 11) is 0. The van der Waals surface area contributed by atoms with Crippen LogP contribution in [-0.4, -0.2) is 10.9 Å². The largest absolute Gasteiger partial charge is 0.484 e. The Morgan fingerprint density at radius 2 is 1.91 bits per heavy atom. The second-order valence-electron chi connectivity index (χ2n) is 4.68. The molecule has 0 aliphatic rings. The van der Waals surface area contributed by atoms with Crippen molar-refractivity contribution in [2.45, 2.75) is 6.61 Å². The van der Waals surface area contributed by atoms with Gasteiger partial charge in [0.2, 0.25) is 0 Å². The van der Waals surface area contributed by atoms with Gasteiger partial charge in [-0.15, -0.1) is 0 Å². The van der Waals surface area contributed by atoms with Crippen LogP contribution in [0.1, 0.15) is 16.3 Å². The molecule has 0 saturated carbocycles. The minimum atomic E-state index is -0.333. The number of nitrogens with one attached hydrogen (secondary N) is 1. The molecular formula is C17H13ClN2O3. The highest BCUT2D eigenvalue weighted by Gasteiger charge is 2.12. The van der Waals surface area contributed by atoms with E-state index in [4.69, 9.17) is 20.8 Å². The average Bonchev–Trinajstić information content (AvgIpc) is 3.04. The Bertz CT molecular complexity index is 802. The molecule has 2 aromatic heterocycles. The number of furan rings is 1. The fourth-order valence-corrected chi connectivity index (χ4v) is 2.11. The van der Waals surface area contributed by atoms with Gasteiger partial charge < -0.3 is 14.5 Å². The molecule has 0 saturated heterocycles. The first kappa shape index (κ1) is 15.1. The summed E-state index contributed by atoms with van der Waals surface area (Å²) in [6, 6.07) is 13.8. The van der Waals surface area contributed by atoms with Crippen molar-refractivity contribution >= 4 is 23.2 Å². The molecule has 6 heteroatoms. The number of nitrogens with zero attached hydrogens (tertiary/aromatic N) is 1. The molecule has 0 aliphatic carbocycles. The van der Waals surface area contributed by atoms with E-state index in [1.807, 2.05) is 12.1 Å². The number of amides is 1. The number of aromatic nitrogens is 1. The van der Waals surface area contributed by atoms with Gasteiger partial charge in [0, 0.05) is 18.1 Å². The van der Waals surface area contributed by atoms with Crippen LogP contribution in [0.2, 0.25) is 5.02 Å². The summed E-state index contributed by atoms with van der Waals surface area (Å²) in [4.78, 5) is 16.0. The summed E-state index contributed by atoms with van der Waals surface area (Å²) in [6.45, 7) is 0.187. The summed E-state index contributed by atoms with van der Waals surface area (Å²) in [5, 5.41) is 3.24. The molecule has 1 N–H and O–H groups in total. The number of carbonyl (C=O) groups excluding carboxylic acids is 1. The molecule has 0 unspecified atom stereocenters. The van der Waals surface area contributed by atoms with Crippen molar-refractivity contribution in [2.75, 3.05) is 5.32 Å². The van der Waals surface area contributed by atoms with E-state index in [1.54, 1.807) is 48.8 Å². The van der Waals surface area contributed by atoms with Gasteiger partial charge in [-0.25, -0.2) is 0 Å². The number of benzene rings is 1. The van der Waals surface area contributed by atoms with Crippen molar-refractivity contribution in [3.05, 3.63) is 77.5 Å². The Balaban J connectivity index is 1.62. The number of anilines is 1. The van der Waals surface area contributed by atoms with E-state index in [1.165, 1.54) is 0 Å².